The monoisotopic (exact) mass is 424 g/mol. The average molecular weight is 426 g/mol. The minimum absolute atomic E-state index is 0. The molecule has 2 atom stereocenters. The van der Waals surface area contributed by atoms with E-state index in [4.69, 9.17) is 11.6 Å². The summed E-state index contributed by atoms with van der Waals surface area (Å²) in [5.41, 5.74) is 1.84. The van der Waals surface area contributed by atoms with Crippen LogP contribution >= 0.6 is 36.4 Å². The molecule has 3 nitrogen and oxygen atoms in total. The van der Waals surface area contributed by atoms with Crippen LogP contribution in [0.1, 0.15) is 23.6 Å². The Balaban J connectivity index is 0.00000169. The number of hydrogen-bond donors (Lipinski definition) is 2. The van der Waals surface area contributed by atoms with Gasteiger partial charge in [-0.3, -0.25) is 0 Å². The first kappa shape index (κ1) is 22.9. The van der Waals surface area contributed by atoms with Crippen LogP contribution in [0.2, 0.25) is 5.02 Å². The van der Waals surface area contributed by atoms with E-state index in [0.717, 1.165) is 24.1 Å². The van der Waals surface area contributed by atoms with Crippen molar-refractivity contribution in [3.63, 3.8) is 0 Å². The summed E-state index contributed by atoms with van der Waals surface area (Å²) in [7, 11) is 0. The number of rotatable bonds is 6. The molecule has 0 saturated carbocycles. The summed E-state index contributed by atoms with van der Waals surface area (Å²) < 4.78 is 29.6. The molecule has 144 valence electrons. The van der Waals surface area contributed by atoms with Crippen molar-refractivity contribution in [2.45, 2.75) is 31.7 Å². The summed E-state index contributed by atoms with van der Waals surface area (Å²) in [6.45, 7) is -1.46. The number of para-hydroxylation sites is 1. The summed E-state index contributed by atoms with van der Waals surface area (Å²) in [4.78, 5) is 0. The van der Waals surface area contributed by atoms with Gasteiger partial charge in [0.1, 0.15) is 5.75 Å². The van der Waals surface area contributed by atoms with E-state index in [9.17, 15) is 8.78 Å². The highest BCUT2D eigenvalue weighted by atomic mass is 35.5. The molecule has 0 spiro atoms. The number of halogens is 5. The number of ether oxygens (including phenoxy) is 1. The highest BCUT2D eigenvalue weighted by Gasteiger charge is 2.28. The normalized spacial score (nSPS) is 18.9. The second-order valence-corrected chi connectivity index (χ2v) is 6.19. The van der Waals surface area contributed by atoms with E-state index in [1.165, 1.54) is 0 Å². The molecule has 1 aliphatic rings. The first-order chi connectivity index (χ1) is 11.6. The van der Waals surface area contributed by atoms with Gasteiger partial charge in [0.15, 0.2) is 0 Å². The summed E-state index contributed by atoms with van der Waals surface area (Å²) >= 11 is 6.08. The third-order valence-corrected chi connectivity index (χ3v) is 4.41. The highest BCUT2D eigenvalue weighted by molar-refractivity contribution is 6.30. The first-order valence-corrected chi connectivity index (χ1v) is 8.26. The van der Waals surface area contributed by atoms with Gasteiger partial charge in [0.25, 0.3) is 0 Å². The van der Waals surface area contributed by atoms with Crippen molar-refractivity contribution >= 4 is 36.4 Å². The van der Waals surface area contributed by atoms with Crippen LogP contribution in [-0.2, 0) is 6.54 Å². The summed E-state index contributed by atoms with van der Waals surface area (Å²) in [5, 5.41) is 7.61. The van der Waals surface area contributed by atoms with E-state index >= 15 is 0 Å². The predicted molar refractivity (Wildman–Crippen MR) is 105 cm³/mol. The molecule has 1 heterocycles. The van der Waals surface area contributed by atoms with Crippen LogP contribution in [0.3, 0.4) is 0 Å². The molecule has 2 aromatic carbocycles. The summed E-state index contributed by atoms with van der Waals surface area (Å²) in [6.07, 6.45) is 0.953. The van der Waals surface area contributed by atoms with Gasteiger partial charge in [0.2, 0.25) is 0 Å². The van der Waals surface area contributed by atoms with Crippen LogP contribution < -0.4 is 15.4 Å². The third kappa shape index (κ3) is 5.96. The molecule has 3 rings (SSSR count). The van der Waals surface area contributed by atoms with Crippen LogP contribution in [0.5, 0.6) is 5.75 Å². The average Bonchev–Trinajstić information content (AvgIpc) is 3.02. The maximum absolute atomic E-state index is 12.5. The van der Waals surface area contributed by atoms with Gasteiger partial charge in [-0.15, -0.1) is 24.8 Å². The smallest absolute Gasteiger partial charge is 0.387 e. The lowest BCUT2D eigenvalue weighted by Gasteiger charge is -2.22. The van der Waals surface area contributed by atoms with Crippen LogP contribution in [0.4, 0.5) is 8.78 Å². The molecule has 0 bridgehead atoms. The Morgan fingerprint density at radius 3 is 2.65 bits per heavy atom. The van der Waals surface area contributed by atoms with E-state index in [1.54, 1.807) is 18.2 Å². The Morgan fingerprint density at radius 1 is 1.15 bits per heavy atom. The lowest BCUT2D eigenvalue weighted by Crippen LogP contribution is -2.34. The molecule has 26 heavy (non-hydrogen) atoms. The fourth-order valence-electron chi connectivity index (χ4n) is 3.08. The standard InChI is InChI=1S/C18H19ClF2N2O.2ClH/c19-14-6-3-5-12(10-14)17-15(8-9-22-17)23-11-13-4-1-2-7-16(13)24-18(20)21;;/h1-7,10,15,17-18,22-23H,8-9,11H2;2*1H. The van der Waals surface area contributed by atoms with Gasteiger partial charge in [-0.2, -0.15) is 8.78 Å². The Hall–Kier alpha value is -1.11. The van der Waals surface area contributed by atoms with Gasteiger partial charge >= 0.3 is 6.61 Å². The number of benzene rings is 2. The fraction of sp³-hybridized carbons (Fsp3) is 0.333. The zero-order valence-corrected chi connectivity index (χ0v) is 16.2. The van der Waals surface area contributed by atoms with Crippen LogP contribution in [-0.4, -0.2) is 19.2 Å². The van der Waals surface area contributed by atoms with Gasteiger partial charge in [-0.05, 0) is 36.7 Å². The van der Waals surface area contributed by atoms with Gasteiger partial charge in [0.05, 0.1) is 0 Å². The van der Waals surface area contributed by atoms with Gasteiger partial charge in [0, 0.05) is 29.2 Å². The zero-order valence-electron chi connectivity index (χ0n) is 13.8. The summed E-state index contributed by atoms with van der Waals surface area (Å²) in [6, 6.07) is 15.0. The van der Waals surface area contributed by atoms with Crippen LogP contribution in [0.25, 0.3) is 0 Å². The fourth-order valence-corrected chi connectivity index (χ4v) is 3.27. The molecule has 1 saturated heterocycles. The molecule has 1 aliphatic heterocycles. The first-order valence-electron chi connectivity index (χ1n) is 7.88. The molecular formula is C18H21Cl3F2N2O. The van der Waals surface area contributed by atoms with Gasteiger partial charge in [-0.25, -0.2) is 0 Å². The second kappa shape index (κ2) is 10.9. The minimum atomic E-state index is -2.82. The Bertz CT molecular complexity index is 691. The number of alkyl halides is 2. The molecule has 2 unspecified atom stereocenters. The van der Waals surface area contributed by atoms with Crippen molar-refractivity contribution in [2.24, 2.45) is 0 Å². The van der Waals surface area contributed by atoms with Crippen molar-refractivity contribution in [1.29, 1.82) is 0 Å². The number of nitrogens with one attached hydrogen (secondary N) is 2. The largest absolute Gasteiger partial charge is 0.434 e. The lowest BCUT2D eigenvalue weighted by molar-refractivity contribution is -0.0505. The van der Waals surface area contributed by atoms with E-state index in [0.29, 0.717) is 11.6 Å². The maximum atomic E-state index is 12.5. The molecular weight excluding hydrogens is 405 g/mol. The Morgan fingerprint density at radius 2 is 1.92 bits per heavy atom. The molecule has 1 fully saturated rings. The SMILES string of the molecule is Cl.Cl.FC(F)Oc1ccccc1CNC1CCNC1c1cccc(Cl)c1. The van der Waals surface area contributed by atoms with Crippen molar-refractivity contribution in [2.75, 3.05) is 6.54 Å². The van der Waals surface area contributed by atoms with Crippen molar-refractivity contribution in [3.05, 3.63) is 64.7 Å². The molecule has 2 aromatic rings. The summed E-state index contributed by atoms with van der Waals surface area (Å²) in [5.74, 6) is 0.213. The third-order valence-electron chi connectivity index (χ3n) is 4.17. The maximum Gasteiger partial charge on any atom is 0.387 e. The lowest BCUT2D eigenvalue weighted by atomic mass is 10.0. The van der Waals surface area contributed by atoms with E-state index in [2.05, 4.69) is 15.4 Å². The van der Waals surface area contributed by atoms with Gasteiger partial charge < -0.3 is 15.4 Å². The van der Waals surface area contributed by atoms with Gasteiger partial charge in [-0.1, -0.05) is 41.9 Å². The van der Waals surface area contributed by atoms with E-state index in [-0.39, 0.29) is 42.6 Å². The van der Waals surface area contributed by atoms with Crippen LogP contribution in [0, 0.1) is 0 Å². The van der Waals surface area contributed by atoms with Crippen molar-refractivity contribution in [1.82, 2.24) is 10.6 Å². The van der Waals surface area contributed by atoms with E-state index < -0.39 is 6.61 Å². The topological polar surface area (TPSA) is 33.3 Å². The minimum Gasteiger partial charge on any atom is -0.434 e. The quantitative estimate of drug-likeness (QED) is 0.685. The number of hydrogen-bond acceptors (Lipinski definition) is 3. The van der Waals surface area contributed by atoms with E-state index in [1.807, 2.05) is 30.3 Å². The predicted octanol–water partition coefficient (Wildman–Crippen LogP) is 4.98. The molecule has 0 radical (unpaired) electrons. The van der Waals surface area contributed by atoms with Crippen molar-refractivity contribution in [3.8, 4) is 5.75 Å². The Labute approximate surface area is 169 Å². The Kier molecular flexibility index (Phi) is 9.61. The zero-order chi connectivity index (χ0) is 16.9. The second-order valence-electron chi connectivity index (χ2n) is 5.75. The molecule has 0 amide bonds. The van der Waals surface area contributed by atoms with Crippen LogP contribution in [0.15, 0.2) is 48.5 Å². The molecule has 0 aromatic heterocycles. The molecule has 8 heteroatoms. The molecule has 2 N–H and O–H groups in total. The highest BCUT2D eigenvalue weighted by Crippen LogP contribution is 2.27. The van der Waals surface area contributed by atoms with Crippen molar-refractivity contribution < 1.29 is 13.5 Å². The molecule has 0 aliphatic carbocycles.